The van der Waals surface area contributed by atoms with Crippen molar-refractivity contribution in [3.63, 3.8) is 0 Å². The molecule has 0 bridgehead atoms. The van der Waals surface area contributed by atoms with Gasteiger partial charge in [0.1, 0.15) is 18.5 Å². The maximum atomic E-state index is 5.83. The number of rotatable bonds is 5. The van der Waals surface area contributed by atoms with E-state index in [0.29, 0.717) is 12.6 Å². The van der Waals surface area contributed by atoms with Crippen molar-refractivity contribution < 1.29 is 9.47 Å². The van der Waals surface area contributed by atoms with Gasteiger partial charge >= 0.3 is 0 Å². The standard InChI is InChI=1S/C16H25N3O2Si/c1-12-10-17-14-9-13-5-6-19(15(13)18-16(14)21-12)11-20-7-8-22(2,3)4/h5-6,9,12,17H,7-8,10-11H2,1-4H3. The van der Waals surface area contributed by atoms with E-state index in [9.17, 15) is 0 Å². The van der Waals surface area contributed by atoms with E-state index in [0.717, 1.165) is 29.9 Å². The van der Waals surface area contributed by atoms with Crippen LogP contribution in [0.25, 0.3) is 11.0 Å². The van der Waals surface area contributed by atoms with Gasteiger partial charge in [0.15, 0.2) is 0 Å². The van der Waals surface area contributed by atoms with Gasteiger partial charge in [0.25, 0.3) is 0 Å². The Labute approximate surface area is 132 Å². The summed E-state index contributed by atoms with van der Waals surface area (Å²) in [7, 11) is -1.04. The first-order chi connectivity index (χ1) is 10.4. The fraction of sp³-hybridized carbons (Fsp3) is 0.562. The monoisotopic (exact) mass is 319 g/mol. The van der Waals surface area contributed by atoms with E-state index in [1.807, 2.05) is 17.7 Å². The third kappa shape index (κ3) is 3.44. The van der Waals surface area contributed by atoms with Gasteiger partial charge in [0, 0.05) is 26.3 Å². The summed E-state index contributed by atoms with van der Waals surface area (Å²) >= 11 is 0. The van der Waals surface area contributed by atoms with E-state index >= 15 is 0 Å². The molecular weight excluding hydrogens is 294 g/mol. The number of aromatic nitrogens is 2. The van der Waals surface area contributed by atoms with E-state index in [2.05, 4.69) is 42.1 Å². The van der Waals surface area contributed by atoms with Crippen LogP contribution < -0.4 is 10.1 Å². The molecule has 1 atom stereocenters. The zero-order chi connectivity index (χ0) is 15.7. The van der Waals surface area contributed by atoms with Gasteiger partial charge in [-0.15, -0.1) is 0 Å². The Balaban J connectivity index is 1.73. The maximum Gasteiger partial charge on any atom is 0.239 e. The fourth-order valence-electron chi connectivity index (χ4n) is 2.44. The highest BCUT2D eigenvalue weighted by molar-refractivity contribution is 6.76. The molecule has 3 heterocycles. The topological polar surface area (TPSA) is 48.3 Å². The fourth-order valence-corrected chi connectivity index (χ4v) is 3.20. The van der Waals surface area contributed by atoms with E-state index < -0.39 is 8.07 Å². The molecule has 0 amide bonds. The first-order valence-electron chi connectivity index (χ1n) is 7.90. The largest absolute Gasteiger partial charge is 0.471 e. The summed E-state index contributed by atoms with van der Waals surface area (Å²) in [4.78, 5) is 4.66. The van der Waals surface area contributed by atoms with Gasteiger partial charge in [-0.05, 0) is 25.1 Å². The number of hydrogen-bond donors (Lipinski definition) is 1. The molecule has 5 nitrogen and oxygen atoms in total. The molecule has 0 radical (unpaired) electrons. The number of fused-ring (bicyclic) bond motifs is 2. The van der Waals surface area contributed by atoms with Crippen LogP contribution in [-0.2, 0) is 11.5 Å². The second kappa shape index (κ2) is 5.93. The molecular formula is C16H25N3O2Si. The second-order valence-electron chi connectivity index (χ2n) is 7.20. The molecule has 0 aliphatic carbocycles. The van der Waals surface area contributed by atoms with Crippen molar-refractivity contribution in [1.29, 1.82) is 0 Å². The van der Waals surface area contributed by atoms with Crippen molar-refractivity contribution in [1.82, 2.24) is 9.55 Å². The van der Waals surface area contributed by atoms with Crippen LogP contribution in [0.5, 0.6) is 5.88 Å². The molecule has 1 unspecified atom stereocenters. The number of hydrogen-bond acceptors (Lipinski definition) is 4. The maximum absolute atomic E-state index is 5.83. The lowest BCUT2D eigenvalue weighted by molar-refractivity contribution is 0.0898. The predicted octanol–water partition coefficient (Wildman–Crippen LogP) is 3.54. The molecule has 0 saturated carbocycles. The third-order valence-corrected chi connectivity index (χ3v) is 5.53. The number of nitrogens with one attached hydrogen (secondary N) is 1. The molecule has 2 aromatic heterocycles. The highest BCUT2D eigenvalue weighted by Gasteiger charge is 2.19. The Morgan fingerprint density at radius 1 is 1.45 bits per heavy atom. The van der Waals surface area contributed by atoms with Crippen LogP contribution in [0.3, 0.4) is 0 Å². The molecule has 3 rings (SSSR count). The quantitative estimate of drug-likeness (QED) is 0.676. The lowest BCUT2D eigenvalue weighted by Gasteiger charge is -2.23. The number of ether oxygens (including phenoxy) is 2. The van der Waals surface area contributed by atoms with Crippen molar-refractivity contribution >= 4 is 24.8 Å². The molecule has 0 aromatic carbocycles. The molecule has 1 aliphatic heterocycles. The van der Waals surface area contributed by atoms with Crippen molar-refractivity contribution in [2.45, 2.75) is 45.4 Å². The average molecular weight is 319 g/mol. The van der Waals surface area contributed by atoms with Crippen LogP contribution in [0.4, 0.5) is 5.69 Å². The van der Waals surface area contributed by atoms with Gasteiger partial charge in [0.05, 0.1) is 12.2 Å². The predicted molar refractivity (Wildman–Crippen MR) is 92.4 cm³/mol. The van der Waals surface area contributed by atoms with E-state index in [4.69, 9.17) is 9.47 Å². The Hall–Kier alpha value is -1.53. The second-order valence-corrected chi connectivity index (χ2v) is 12.8. The summed E-state index contributed by atoms with van der Waals surface area (Å²) in [5.41, 5.74) is 1.89. The van der Waals surface area contributed by atoms with Gasteiger partial charge in [0.2, 0.25) is 5.88 Å². The summed E-state index contributed by atoms with van der Waals surface area (Å²) < 4.78 is 13.7. The van der Waals surface area contributed by atoms with Crippen molar-refractivity contribution in [2.24, 2.45) is 0 Å². The van der Waals surface area contributed by atoms with Gasteiger partial charge in [-0.25, -0.2) is 0 Å². The molecule has 1 N–H and O–H groups in total. The van der Waals surface area contributed by atoms with Crippen LogP contribution in [0.2, 0.25) is 25.7 Å². The summed E-state index contributed by atoms with van der Waals surface area (Å²) in [6.07, 6.45) is 2.18. The molecule has 120 valence electrons. The number of pyridine rings is 1. The van der Waals surface area contributed by atoms with Crippen LogP contribution in [-0.4, -0.2) is 36.9 Å². The van der Waals surface area contributed by atoms with Crippen molar-refractivity contribution in [2.75, 3.05) is 18.5 Å². The molecule has 0 saturated heterocycles. The molecule has 2 aromatic rings. The number of nitrogens with zero attached hydrogens (tertiary/aromatic N) is 2. The van der Waals surface area contributed by atoms with Crippen molar-refractivity contribution in [3.8, 4) is 5.88 Å². The first-order valence-corrected chi connectivity index (χ1v) is 11.6. The van der Waals surface area contributed by atoms with E-state index in [1.165, 1.54) is 6.04 Å². The van der Waals surface area contributed by atoms with Gasteiger partial charge in [-0.1, -0.05) is 19.6 Å². The van der Waals surface area contributed by atoms with Crippen molar-refractivity contribution in [3.05, 3.63) is 18.3 Å². The van der Waals surface area contributed by atoms with Crippen LogP contribution in [0.15, 0.2) is 18.3 Å². The summed E-state index contributed by atoms with van der Waals surface area (Å²) in [6, 6.07) is 5.35. The highest BCUT2D eigenvalue weighted by Crippen LogP contribution is 2.30. The van der Waals surface area contributed by atoms with Gasteiger partial charge in [-0.3, -0.25) is 0 Å². The molecule has 22 heavy (non-hydrogen) atoms. The zero-order valence-corrected chi connectivity index (χ0v) is 14.8. The smallest absolute Gasteiger partial charge is 0.239 e. The van der Waals surface area contributed by atoms with Gasteiger partial charge < -0.3 is 19.4 Å². The minimum atomic E-state index is -1.04. The van der Waals surface area contributed by atoms with E-state index in [-0.39, 0.29) is 6.10 Å². The molecule has 6 heteroatoms. The third-order valence-electron chi connectivity index (χ3n) is 3.82. The normalized spacial score (nSPS) is 17.9. The average Bonchev–Trinajstić information content (AvgIpc) is 2.82. The minimum Gasteiger partial charge on any atom is -0.471 e. The van der Waals surface area contributed by atoms with E-state index in [1.54, 1.807) is 0 Å². The first kappa shape index (κ1) is 15.4. The Kier molecular flexibility index (Phi) is 4.14. The van der Waals surface area contributed by atoms with Gasteiger partial charge in [-0.2, -0.15) is 4.98 Å². The molecule has 0 fully saturated rings. The summed E-state index contributed by atoms with van der Waals surface area (Å²) in [5, 5.41) is 4.47. The number of anilines is 1. The van der Waals surface area contributed by atoms with Crippen LogP contribution >= 0.6 is 0 Å². The highest BCUT2D eigenvalue weighted by atomic mass is 28.3. The Morgan fingerprint density at radius 3 is 3.05 bits per heavy atom. The zero-order valence-electron chi connectivity index (χ0n) is 13.8. The van der Waals surface area contributed by atoms with Crippen LogP contribution in [0, 0.1) is 0 Å². The summed E-state index contributed by atoms with van der Waals surface area (Å²) in [5.74, 6) is 0.688. The SMILES string of the molecule is CC1CNc2cc3ccn(COCC[Si](C)(C)C)c3nc2O1. The molecule has 0 spiro atoms. The van der Waals surface area contributed by atoms with Crippen LogP contribution in [0.1, 0.15) is 6.92 Å². The lowest BCUT2D eigenvalue weighted by Crippen LogP contribution is -2.28. The Morgan fingerprint density at radius 2 is 2.27 bits per heavy atom. The molecule has 1 aliphatic rings. The lowest BCUT2D eigenvalue weighted by atomic mass is 10.2. The Bertz CT molecular complexity index is 663. The minimum absolute atomic E-state index is 0.147. The summed E-state index contributed by atoms with van der Waals surface area (Å²) in [6.45, 7) is 11.3.